The fourth-order valence-corrected chi connectivity index (χ4v) is 1.86. The largest absolute Gasteiger partial charge is 0.489 e. The van der Waals surface area contributed by atoms with Crippen molar-refractivity contribution in [3.63, 3.8) is 0 Å². The van der Waals surface area contributed by atoms with Crippen molar-refractivity contribution in [1.82, 2.24) is 5.32 Å². The van der Waals surface area contributed by atoms with Crippen LogP contribution in [0.5, 0.6) is 5.75 Å². The van der Waals surface area contributed by atoms with Crippen LogP contribution in [0.3, 0.4) is 0 Å². The van der Waals surface area contributed by atoms with Gasteiger partial charge in [-0.05, 0) is 42.7 Å². The van der Waals surface area contributed by atoms with E-state index in [0.717, 1.165) is 30.8 Å². The SMILES string of the molecule is OCCc1ccc(OCC2=CCNCC2)cc1. The summed E-state index contributed by atoms with van der Waals surface area (Å²) in [5.41, 5.74) is 2.50. The highest BCUT2D eigenvalue weighted by molar-refractivity contribution is 5.28. The Balaban J connectivity index is 1.84. The molecule has 1 aliphatic heterocycles. The van der Waals surface area contributed by atoms with E-state index in [4.69, 9.17) is 9.84 Å². The number of rotatable bonds is 5. The quantitative estimate of drug-likeness (QED) is 0.758. The van der Waals surface area contributed by atoms with Crippen molar-refractivity contribution in [2.75, 3.05) is 26.3 Å². The van der Waals surface area contributed by atoms with Crippen molar-refractivity contribution in [2.24, 2.45) is 0 Å². The Morgan fingerprint density at radius 3 is 2.71 bits per heavy atom. The van der Waals surface area contributed by atoms with Gasteiger partial charge in [0.05, 0.1) is 0 Å². The summed E-state index contributed by atoms with van der Waals surface area (Å²) < 4.78 is 5.72. The van der Waals surface area contributed by atoms with Gasteiger partial charge in [-0.3, -0.25) is 0 Å². The van der Waals surface area contributed by atoms with Gasteiger partial charge in [0.1, 0.15) is 12.4 Å². The second kappa shape index (κ2) is 6.42. The number of hydrogen-bond acceptors (Lipinski definition) is 3. The number of benzene rings is 1. The van der Waals surface area contributed by atoms with Gasteiger partial charge < -0.3 is 15.2 Å². The lowest BCUT2D eigenvalue weighted by Gasteiger charge is -2.14. The first-order valence-electron chi connectivity index (χ1n) is 6.10. The Hall–Kier alpha value is -1.32. The number of ether oxygens (including phenoxy) is 1. The molecule has 0 saturated heterocycles. The average Bonchev–Trinajstić information content (AvgIpc) is 2.40. The fourth-order valence-electron chi connectivity index (χ4n) is 1.86. The monoisotopic (exact) mass is 233 g/mol. The van der Waals surface area contributed by atoms with Gasteiger partial charge in [-0.1, -0.05) is 18.2 Å². The van der Waals surface area contributed by atoms with Crippen LogP contribution in [0.25, 0.3) is 0 Å². The van der Waals surface area contributed by atoms with Crippen molar-refractivity contribution in [2.45, 2.75) is 12.8 Å². The summed E-state index contributed by atoms with van der Waals surface area (Å²) in [6.45, 7) is 2.87. The van der Waals surface area contributed by atoms with Crippen molar-refractivity contribution < 1.29 is 9.84 Å². The Bertz CT molecular complexity index is 370. The Labute approximate surface area is 102 Å². The van der Waals surface area contributed by atoms with Gasteiger partial charge in [0.15, 0.2) is 0 Å². The lowest BCUT2D eigenvalue weighted by Crippen LogP contribution is -2.22. The molecule has 1 aliphatic rings. The van der Waals surface area contributed by atoms with Gasteiger partial charge in [-0.15, -0.1) is 0 Å². The standard InChI is InChI=1S/C14H19NO2/c16-10-7-12-1-3-14(4-2-12)17-11-13-5-8-15-9-6-13/h1-5,15-16H,6-11H2. The number of aliphatic hydroxyl groups excluding tert-OH is 1. The molecule has 1 heterocycles. The van der Waals surface area contributed by atoms with Gasteiger partial charge >= 0.3 is 0 Å². The summed E-state index contributed by atoms with van der Waals surface area (Å²) >= 11 is 0. The minimum Gasteiger partial charge on any atom is -0.489 e. The van der Waals surface area contributed by atoms with E-state index in [1.54, 1.807) is 0 Å². The highest BCUT2D eigenvalue weighted by Gasteiger charge is 2.03. The summed E-state index contributed by atoms with van der Waals surface area (Å²) in [5, 5.41) is 12.1. The summed E-state index contributed by atoms with van der Waals surface area (Å²) in [5.74, 6) is 0.895. The molecule has 3 nitrogen and oxygen atoms in total. The van der Waals surface area contributed by atoms with E-state index in [1.807, 2.05) is 24.3 Å². The zero-order chi connectivity index (χ0) is 11.9. The van der Waals surface area contributed by atoms with Crippen molar-refractivity contribution in [3.8, 4) is 5.75 Å². The normalized spacial score (nSPS) is 15.5. The number of nitrogens with one attached hydrogen (secondary N) is 1. The highest BCUT2D eigenvalue weighted by Crippen LogP contribution is 2.14. The third-order valence-corrected chi connectivity index (χ3v) is 2.91. The molecule has 1 aromatic carbocycles. The summed E-state index contributed by atoms with van der Waals surface area (Å²) in [7, 11) is 0. The zero-order valence-electron chi connectivity index (χ0n) is 9.98. The first-order chi connectivity index (χ1) is 8.38. The third-order valence-electron chi connectivity index (χ3n) is 2.91. The molecule has 0 unspecified atom stereocenters. The van der Waals surface area contributed by atoms with Gasteiger partial charge in [-0.25, -0.2) is 0 Å². The zero-order valence-corrected chi connectivity index (χ0v) is 9.98. The van der Waals surface area contributed by atoms with Crippen LogP contribution in [-0.4, -0.2) is 31.4 Å². The molecule has 0 radical (unpaired) electrons. The molecule has 2 rings (SSSR count). The molecule has 0 aromatic heterocycles. The van der Waals surface area contributed by atoms with Crippen LogP contribution in [0.4, 0.5) is 0 Å². The molecule has 92 valence electrons. The van der Waals surface area contributed by atoms with Crippen LogP contribution in [0.1, 0.15) is 12.0 Å². The van der Waals surface area contributed by atoms with E-state index in [-0.39, 0.29) is 6.61 Å². The maximum atomic E-state index is 8.82. The van der Waals surface area contributed by atoms with Crippen LogP contribution < -0.4 is 10.1 Å². The lowest BCUT2D eigenvalue weighted by atomic mass is 10.1. The molecular formula is C14H19NO2. The van der Waals surface area contributed by atoms with Crippen molar-refractivity contribution >= 4 is 0 Å². The van der Waals surface area contributed by atoms with E-state index in [0.29, 0.717) is 13.0 Å². The molecule has 0 aliphatic carbocycles. The lowest BCUT2D eigenvalue weighted by molar-refractivity contribution is 0.299. The second-order valence-electron chi connectivity index (χ2n) is 4.22. The van der Waals surface area contributed by atoms with Gasteiger partial charge in [0, 0.05) is 13.2 Å². The van der Waals surface area contributed by atoms with Crippen LogP contribution >= 0.6 is 0 Å². The molecule has 0 fully saturated rings. The number of aliphatic hydroxyl groups is 1. The molecule has 1 aromatic rings. The molecule has 2 N–H and O–H groups in total. The number of hydrogen-bond donors (Lipinski definition) is 2. The van der Waals surface area contributed by atoms with Crippen molar-refractivity contribution in [3.05, 3.63) is 41.5 Å². The summed E-state index contributed by atoms with van der Waals surface area (Å²) in [6.07, 6.45) is 3.98. The van der Waals surface area contributed by atoms with Crippen LogP contribution in [-0.2, 0) is 6.42 Å². The third kappa shape index (κ3) is 3.88. The summed E-state index contributed by atoms with van der Waals surface area (Å²) in [6, 6.07) is 7.93. The van der Waals surface area contributed by atoms with Gasteiger partial charge in [-0.2, -0.15) is 0 Å². The Morgan fingerprint density at radius 2 is 2.06 bits per heavy atom. The first-order valence-corrected chi connectivity index (χ1v) is 6.10. The van der Waals surface area contributed by atoms with Crippen molar-refractivity contribution in [1.29, 1.82) is 0 Å². The minimum absolute atomic E-state index is 0.195. The van der Waals surface area contributed by atoms with E-state index >= 15 is 0 Å². The molecule has 17 heavy (non-hydrogen) atoms. The van der Waals surface area contributed by atoms with E-state index < -0.39 is 0 Å². The van der Waals surface area contributed by atoms with Crippen LogP contribution in [0, 0.1) is 0 Å². The fraction of sp³-hybridized carbons (Fsp3) is 0.429. The van der Waals surface area contributed by atoms with E-state index in [9.17, 15) is 0 Å². The Kier molecular flexibility index (Phi) is 4.59. The Morgan fingerprint density at radius 1 is 1.24 bits per heavy atom. The molecule has 0 bridgehead atoms. The molecule has 0 saturated carbocycles. The topological polar surface area (TPSA) is 41.5 Å². The van der Waals surface area contributed by atoms with E-state index in [2.05, 4.69) is 11.4 Å². The molecule has 0 amide bonds. The summed E-state index contributed by atoms with van der Waals surface area (Å²) in [4.78, 5) is 0. The first kappa shape index (κ1) is 12.1. The molecule has 0 spiro atoms. The maximum Gasteiger partial charge on any atom is 0.119 e. The van der Waals surface area contributed by atoms with Crippen LogP contribution in [0.15, 0.2) is 35.9 Å². The smallest absolute Gasteiger partial charge is 0.119 e. The predicted molar refractivity (Wildman–Crippen MR) is 68.3 cm³/mol. The average molecular weight is 233 g/mol. The second-order valence-corrected chi connectivity index (χ2v) is 4.22. The van der Waals surface area contributed by atoms with Gasteiger partial charge in [0.2, 0.25) is 0 Å². The molecule has 0 atom stereocenters. The predicted octanol–water partition coefficient (Wildman–Crippen LogP) is 1.52. The molecule has 3 heteroatoms. The van der Waals surface area contributed by atoms with Crippen LogP contribution in [0.2, 0.25) is 0 Å². The molecular weight excluding hydrogens is 214 g/mol. The maximum absolute atomic E-state index is 8.82. The van der Waals surface area contributed by atoms with E-state index in [1.165, 1.54) is 5.57 Å². The highest BCUT2D eigenvalue weighted by atomic mass is 16.5. The minimum atomic E-state index is 0.195. The van der Waals surface area contributed by atoms with Gasteiger partial charge in [0.25, 0.3) is 0 Å².